The van der Waals surface area contributed by atoms with E-state index in [9.17, 15) is 10.1 Å². The smallest absolute Gasteiger partial charge is 0.270 e. The Balaban J connectivity index is 2.29. The summed E-state index contributed by atoms with van der Waals surface area (Å²) in [5.74, 6) is 0.721. The second-order valence-electron chi connectivity index (χ2n) is 4.60. The van der Waals surface area contributed by atoms with E-state index < -0.39 is 4.92 Å². The van der Waals surface area contributed by atoms with Gasteiger partial charge in [-0.3, -0.25) is 10.1 Å². The molecule has 0 unspecified atom stereocenters. The number of nitrogens with two attached hydrogens (primary N) is 1. The first-order valence-electron chi connectivity index (χ1n) is 6.50. The lowest BCUT2D eigenvalue weighted by molar-refractivity contribution is -0.384. The summed E-state index contributed by atoms with van der Waals surface area (Å²) in [7, 11) is 0. The number of hydrogen-bond acceptors (Lipinski definition) is 5. The second kappa shape index (κ2) is 4.90. The summed E-state index contributed by atoms with van der Waals surface area (Å²) in [4.78, 5) is 14.9. The summed E-state index contributed by atoms with van der Waals surface area (Å²) in [6, 6.07) is 9.93. The maximum absolute atomic E-state index is 10.9. The molecule has 0 bridgehead atoms. The van der Waals surface area contributed by atoms with Crippen molar-refractivity contribution in [2.45, 2.75) is 6.92 Å². The highest BCUT2D eigenvalue weighted by atomic mass is 16.6. The zero-order valence-electron chi connectivity index (χ0n) is 11.4. The van der Waals surface area contributed by atoms with E-state index in [2.05, 4.69) is 4.98 Å². The summed E-state index contributed by atoms with van der Waals surface area (Å²) < 4.78 is 5.45. The topological polar surface area (TPSA) is 91.3 Å². The van der Waals surface area contributed by atoms with Crippen LogP contribution in [0.1, 0.15) is 6.92 Å². The van der Waals surface area contributed by atoms with Gasteiger partial charge >= 0.3 is 0 Å². The van der Waals surface area contributed by atoms with Gasteiger partial charge in [0.05, 0.1) is 28.3 Å². The molecule has 0 fully saturated rings. The molecule has 1 aromatic heterocycles. The molecule has 6 nitrogen and oxygen atoms in total. The third kappa shape index (κ3) is 2.20. The third-order valence-electron chi connectivity index (χ3n) is 3.29. The number of nitrogens with zero attached hydrogens (tertiary/aromatic N) is 2. The molecule has 106 valence electrons. The molecule has 6 heteroatoms. The Kier molecular flexibility index (Phi) is 3.06. The van der Waals surface area contributed by atoms with Crippen LogP contribution in [0.25, 0.3) is 21.8 Å². The highest BCUT2D eigenvalue weighted by molar-refractivity contribution is 6.07. The van der Waals surface area contributed by atoms with Crippen LogP contribution in [-0.4, -0.2) is 16.5 Å². The molecular formula is C15H13N3O3. The molecule has 2 N–H and O–H groups in total. The Bertz CT molecular complexity index is 862. The summed E-state index contributed by atoms with van der Waals surface area (Å²) in [5.41, 5.74) is 7.97. The minimum atomic E-state index is -0.443. The number of non-ortho nitro benzene ring substituents is 1. The van der Waals surface area contributed by atoms with Crippen LogP contribution in [0, 0.1) is 10.1 Å². The maximum Gasteiger partial charge on any atom is 0.270 e. The molecule has 0 saturated heterocycles. The average Bonchev–Trinajstić information content (AvgIpc) is 2.47. The van der Waals surface area contributed by atoms with Crippen molar-refractivity contribution < 1.29 is 9.66 Å². The van der Waals surface area contributed by atoms with Gasteiger partial charge in [-0.25, -0.2) is 4.98 Å². The maximum atomic E-state index is 10.9. The Labute approximate surface area is 120 Å². The van der Waals surface area contributed by atoms with Gasteiger partial charge in [0, 0.05) is 29.0 Å². The predicted octanol–water partition coefficient (Wildman–Crippen LogP) is 3.28. The van der Waals surface area contributed by atoms with Gasteiger partial charge in [0.1, 0.15) is 5.75 Å². The minimum absolute atomic E-state index is 0.00119. The number of anilines is 1. The number of aromatic nitrogens is 1. The molecule has 0 aliphatic rings. The monoisotopic (exact) mass is 283 g/mol. The van der Waals surface area contributed by atoms with Crippen LogP contribution in [0.2, 0.25) is 0 Å². The van der Waals surface area contributed by atoms with Gasteiger partial charge in [-0.15, -0.1) is 0 Å². The Morgan fingerprint density at radius 2 is 2.00 bits per heavy atom. The molecule has 0 atom stereocenters. The van der Waals surface area contributed by atoms with Gasteiger partial charge in [0.2, 0.25) is 0 Å². The van der Waals surface area contributed by atoms with E-state index in [1.54, 1.807) is 6.07 Å². The predicted molar refractivity (Wildman–Crippen MR) is 81.5 cm³/mol. The van der Waals surface area contributed by atoms with E-state index in [-0.39, 0.29) is 5.69 Å². The third-order valence-corrected chi connectivity index (χ3v) is 3.29. The van der Waals surface area contributed by atoms with Crippen molar-refractivity contribution in [3.05, 3.63) is 46.5 Å². The van der Waals surface area contributed by atoms with Crippen molar-refractivity contribution in [2.24, 2.45) is 0 Å². The van der Waals surface area contributed by atoms with Crippen molar-refractivity contribution in [3.8, 4) is 5.75 Å². The first-order chi connectivity index (χ1) is 10.1. The van der Waals surface area contributed by atoms with Crippen molar-refractivity contribution >= 4 is 33.2 Å². The summed E-state index contributed by atoms with van der Waals surface area (Å²) in [6.07, 6.45) is 0. The van der Waals surface area contributed by atoms with Crippen molar-refractivity contribution in [2.75, 3.05) is 12.3 Å². The van der Waals surface area contributed by atoms with Gasteiger partial charge in [-0.2, -0.15) is 0 Å². The molecule has 21 heavy (non-hydrogen) atoms. The van der Waals surface area contributed by atoms with E-state index >= 15 is 0 Å². The van der Waals surface area contributed by atoms with E-state index in [0.29, 0.717) is 28.7 Å². The molecule has 3 aromatic rings. The minimum Gasteiger partial charge on any atom is -0.494 e. The number of nitrogen functional groups attached to an aromatic ring is 1. The number of rotatable bonds is 3. The SMILES string of the molecule is CCOc1ccc2c(N)c3cc([N+](=O)[O-])ccc3nc2c1. The number of ether oxygens (including phenoxy) is 1. The summed E-state index contributed by atoms with van der Waals surface area (Å²) in [6.45, 7) is 2.48. The van der Waals surface area contributed by atoms with Crippen LogP contribution < -0.4 is 10.5 Å². The van der Waals surface area contributed by atoms with Gasteiger partial charge in [0.25, 0.3) is 5.69 Å². The summed E-state index contributed by atoms with van der Waals surface area (Å²) >= 11 is 0. The number of hydrogen-bond donors (Lipinski definition) is 1. The lowest BCUT2D eigenvalue weighted by atomic mass is 10.1. The first kappa shape index (κ1) is 13.1. The highest BCUT2D eigenvalue weighted by Gasteiger charge is 2.12. The molecule has 0 spiro atoms. The van der Waals surface area contributed by atoms with Crippen molar-refractivity contribution in [1.82, 2.24) is 4.98 Å². The quantitative estimate of drug-likeness (QED) is 0.452. The number of nitro benzene ring substituents is 1. The Morgan fingerprint density at radius 3 is 2.71 bits per heavy atom. The molecule has 2 aromatic carbocycles. The van der Waals surface area contributed by atoms with E-state index in [0.717, 1.165) is 11.1 Å². The summed E-state index contributed by atoms with van der Waals surface area (Å²) in [5, 5.41) is 12.2. The van der Waals surface area contributed by atoms with Crippen LogP contribution >= 0.6 is 0 Å². The van der Waals surface area contributed by atoms with Crippen LogP contribution in [-0.2, 0) is 0 Å². The highest BCUT2D eigenvalue weighted by Crippen LogP contribution is 2.32. The molecule has 0 radical (unpaired) electrons. The fraction of sp³-hybridized carbons (Fsp3) is 0.133. The van der Waals surface area contributed by atoms with Crippen molar-refractivity contribution in [3.63, 3.8) is 0 Å². The number of fused-ring (bicyclic) bond motifs is 2. The zero-order valence-corrected chi connectivity index (χ0v) is 11.4. The number of nitro groups is 1. The molecule has 0 aliphatic carbocycles. The number of benzene rings is 2. The van der Waals surface area contributed by atoms with E-state index in [1.165, 1.54) is 12.1 Å². The van der Waals surface area contributed by atoms with E-state index in [1.807, 2.05) is 25.1 Å². The first-order valence-corrected chi connectivity index (χ1v) is 6.50. The fourth-order valence-electron chi connectivity index (χ4n) is 2.31. The lowest BCUT2D eigenvalue weighted by Gasteiger charge is -2.09. The molecule has 0 aliphatic heterocycles. The van der Waals surface area contributed by atoms with Gasteiger partial charge in [0.15, 0.2) is 0 Å². The largest absolute Gasteiger partial charge is 0.494 e. The normalized spacial score (nSPS) is 10.9. The van der Waals surface area contributed by atoms with Gasteiger partial charge < -0.3 is 10.5 Å². The molecule has 3 rings (SSSR count). The fourth-order valence-corrected chi connectivity index (χ4v) is 2.31. The molecule has 0 saturated carbocycles. The van der Waals surface area contributed by atoms with Crippen LogP contribution in [0.5, 0.6) is 5.75 Å². The lowest BCUT2D eigenvalue weighted by Crippen LogP contribution is -1.96. The van der Waals surface area contributed by atoms with Crippen LogP contribution in [0.3, 0.4) is 0 Å². The second-order valence-corrected chi connectivity index (χ2v) is 4.60. The van der Waals surface area contributed by atoms with Crippen LogP contribution in [0.4, 0.5) is 11.4 Å². The van der Waals surface area contributed by atoms with Gasteiger partial charge in [-0.1, -0.05) is 0 Å². The van der Waals surface area contributed by atoms with Crippen molar-refractivity contribution in [1.29, 1.82) is 0 Å². The molecular weight excluding hydrogens is 270 g/mol. The molecule has 0 amide bonds. The average molecular weight is 283 g/mol. The van der Waals surface area contributed by atoms with Crippen LogP contribution in [0.15, 0.2) is 36.4 Å². The standard InChI is InChI=1S/C15H13N3O3/c1-2-21-10-4-5-11-14(8-10)17-13-6-3-9(18(19)20)7-12(13)15(11)16/h3-8H,2H2,1H3,(H2,16,17). The molecule has 1 heterocycles. The zero-order chi connectivity index (χ0) is 15.0. The van der Waals surface area contributed by atoms with E-state index in [4.69, 9.17) is 10.5 Å². The Hall–Kier alpha value is -2.89. The number of pyridine rings is 1. The van der Waals surface area contributed by atoms with Gasteiger partial charge in [-0.05, 0) is 25.1 Å². The Morgan fingerprint density at radius 1 is 1.19 bits per heavy atom.